The van der Waals surface area contributed by atoms with Gasteiger partial charge in [-0.15, -0.1) is 0 Å². The average molecular weight is 240 g/mol. The van der Waals surface area contributed by atoms with Crippen molar-refractivity contribution in [2.45, 2.75) is 32.1 Å². The number of ether oxygens (including phenoxy) is 1. The third-order valence-electron chi connectivity index (χ3n) is 3.63. The lowest BCUT2D eigenvalue weighted by Crippen LogP contribution is -2.21. The topological polar surface area (TPSA) is 35.2 Å². The first-order valence-electron chi connectivity index (χ1n) is 5.60. The molecule has 1 saturated carbocycles. The van der Waals surface area contributed by atoms with E-state index in [1.165, 1.54) is 5.56 Å². The molecule has 1 aromatic rings. The van der Waals surface area contributed by atoms with Crippen molar-refractivity contribution < 1.29 is 4.74 Å². The van der Waals surface area contributed by atoms with Crippen molar-refractivity contribution in [2.75, 3.05) is 13.7 Å². The van der Waals surface area contributed by atoms with Gasteiger partial charge in [0.05, 0.1) is 7.11 Å². The van der Waals surface area contributed by atoms with Crippen LogP contribution in [0.2, 0.25) is 5.02 Å². The highest BCUT2D eigenvalue weighted by atomic mass is 35.5. The Morgan fingerprint density at radius 3 is 2.50 bits per heavy atom. The predicted octanol–water partition coefficient (Wildman–Crippen LogP) is 2.96. The molecule has 0 bridgehead atoms. The highest BCUT2D eigenvalue weighted by Crippen LogP contribution is 2.52. The molecule has 88 valence electrons. The summed E-state index contributed by atoms with van der Waals surface area (Å²) in [4.78, 5) is 0. The zero-order valence-electron chi connectivity index (χ0n) is 10.1. The fourth-order valence-corrected chi connectivity index (χ4v) is 3.09. The van der Waals surface area contributed by atoms with E-state index < -0.39 is 0 Å². The SMILES string of the molecule is COc1c(C)cc(Cl)c(C2(CN)CC2)c1C. The van der Waals surface area contributed by atoms with E-state index in [4.69, 9.17) is 22.1 Å². The summed E-state index contributed by atoms with van der Waals surface area (Å²) in [7, 11) is 1.70. The third kappa shape index (κ3) is 1.61. The lowest BCUT2D eigenvalue weighted by molar-refractivity contribution is 0.407. The second-order valence-electron chi connectivity index (χ2n) is 4.69. The molecule has 0 saturated heterocycles. The number of rotatable bonds is 3. The van der Waals surface area contributed by atoms with Crippen molar-refractivity contribution in [3.63, 3.8) is 0 Å². The Bertz CT molecular complexity index is 424. The van der Waals surface area contributed by atoms with Gasteiger partial charge in [0, 0.05) is 17.0 Å². The molecule has 0 aliphatic heterocycles. The highest BCUT2D eigenvalue weighted by Gasteiger charge is 2.45. The van der Waals surface area contributed by atoms with Crippen molar-refractivity contribution in [2.24, 2.45) is 5.73 Å². The Morgan fingerprint density at radius 2 is 2.06 bits per heavy atom. The van der Waals surface area contributed by atoms with Crippen LogP contribution >= 0.6 is 11.6 Å². The Balaban J connectivity index is 2.61. The monoisotopic (exact) mass is 239 g/mol. The zero-order chi connectivity index (χ0) is 11.9. The number of benzene rings is 1. The van der Waals surface area contributed by atoms with E-state index in [9.17, 15) is 0 Å². The maximum absolute atomic E-state index is 6.36. The largest absolute Gasteiger partial charge is 0.496 e. The molecule has 0 amide bonds. The van der Waals surface area contributed by atoms with Crippen molar-refractivity contribution in [3.8, 4) is 5.75 Å². The normalized spacial score (nSPS) is 17.3. The van der Waals surface area contributed by atoms with Gasteiger partial charge in [0.25, 0.3) is 0 Å². The van der Waals surface area contributed by atoms with Crippen molar-refractivity contribution in [3.05, 3.63) is 27.8 Å². The number of methoxy groups -OCH3 is 1. The molecule has 1 aliphatic rings. The standard InChI is InChI=1S/C13H18ClNO/c1-8-6-10(14)11(9(2)12(8)16-3)13(7-15)4-5-13/h6H,4-5,7,15H2,1-3H3. The number of nitrogens with two attached hydrogens (primary N) is 1. The predicted molar refractivity (Wildman–Crippen MR) is 67.4 cm³/mol. The molecular weight excluding hydrogens is 222 g/mol. The van der Waals surface area contributed by atoms with Crippen LogP contribution in [-0.4, -0.2) is 13.7 Å². The summed E-state index contributed by atoms with van der Waals surface area (Å²) >= 11 is 6.36. The van der Waals surface area contributed by atoms with E-state index in [-0.39, 0.29) is 5.41 Å². The Morgan fingerprint density at radius 1 is 1.44 bits per heavy atom. The van der Waals surface area contributed by atoms with Crippen LogP contribution in [0.4, 0.5) is 0 Å². The molecule has 2 rings (SSSR count). The highest BCUT2D eigenvalue weighted by molar-refractivity contribution is 6.31. The van der Waals surface area contributed by atoms with Crippen LogP contribution in [0.1, 0.15) is 29.5 Å². The summed E-state index contributed by atoms with van der Waals surface area (Å²) < 4.78 is 5.44. The second kappa shape index (κ2) is 3.94. The van der Waals surface area contributed by atoms with Gasteiger partial charge in [-0.2, -0.15) is 0 Å². The second-order valence-corrected chi connectivity index (χ2v) is 5.10. The molecule has 0 aromatic heterocycles. The fourth-order valence-electron chi connectivity index (χ4n) is 2.59. The van der Waals surface area contributed by atoms with Gasteiger partial charge in [0.2, 0.25) is 0 Å². The van der Waals surface area contributed by atoms with E-state index in [2.05, 4.69) is 6.92 Å². The minimum Gasteiger partial charge on any atom is -0.496 e. The quantitative estimate of drug-likeness (QED) is 0.880. The van der Waals surface area contributed by atoms with Gasteiger partial charge >= 0.3 is 0 Å². The minimum absolute atomic E-state index is 0.113. The molecule has 16 heavy (non-hydrogen) atoms. The summed E-state index contributed by atoms with van der Waals surface area (Å²) in [6, 6.07) is 1.98. The molecule has 0 atom stereocenters. The van der Waals surface area contributed by atoms with Crippen molar-refractivity contribution >= 4 is 11.6 Å². The summed E-state index contributed by atoms with van der Waals surface area (Å²) in [5.41, 5.74) is 9.41. The smallest absolute Gasteiger partial charge is 0.125 e. The van der Waals surface area contributed by atoms with Gasteiger partial charge in [-0.1, -0.05) is 11.6 Å². The molecule has 2 N–H and O–H groups in total. The third-order valence-corrected chi connectivity index (χ3v) is 3.93. The Labute approximate surface area is 102 Å². The van der Waals surface area contributed by atoms with Crippen LogP contribution in [0.15, 0.2) is 6.07 Å². The molecule has 0 unspecified atom stereocenters. The van der Waals surface area contributed by atoms with Gasteiger partial charge in [0.1, 0.15) is 5.75 Å². The molecule has 1 aromatic carbocycles. The lowest BCUT2D eigenvalue weighted by atomic mass is 9.90. The summed E-state index contributed by atoms with van der Waals surface area (Å²) in [5.74, 6) is 0.944. The summed E-state index contributed by atoms with van der Waals surface area (Å²) in [6.45, 7) is 4.76. The minimum atomic E-state index is 0.113. The number of hydrogen-bond acceptors (Lipinski definition) is 2. The molecule has 0 radical (unpaired) electrons. The van der Waals surface area contributed by atoms with Crippen molar-refractivity contribution in [1.29, 1.82) is 0 Å². The van der Waals surface area contributed by atoms with E-state index in [1.807, 2.05) is 13.0 Å². The molecular formula is C13H18ClNO. The average Bonchev–Trinajstić information content (AvgIpc) is 2.98. The number of aryl methyl sites for hydroxylation is 1. The number of hydrogen-bond donors (Lipinski definition) is 1. The van der Waals surface area contributed by atoms with Crippen LogP contribution in [0, 0.1) is 13.8 Å². The van der Waals surface area contributed by atoms with Crippen LogP contribution in [0.5, 0.6) is 5.75 Å². The van der Waals surface area contributed by atoms with Crippen LogP contribution < -0.4 is 10.5 Å². The van der Waals surface area contributed by atoms with Gasteiger partial charge in [-0.3, -0.25) is 0 Å². The summed E-state index contributed by atoms with van der Waals surface area (Å²) in [6.07, 6.45) is 2.27. The molecule has 3 heteroatoms. The lowest BCUT2D eigenvalue weighted by Gasteiger charge is -2.21. The number of halogens is 1. The van der Waals surface area contributed by atoms with Gasteiger partial charge in [-0.05, 0) is 49.4 Å². The van der Waals surface area contributed by atoms with Crippen LogP contribution in [0.3, 0.4) is 0 Å². The zero-order valence-corrected chi connectivity index (χ0v) is 10.8. The molecule has 0 spiro atoms. The summed E-state index contributed by atoms with van der Waals surface area (Å²) in [5, 5.41) is 0.832. The molecule has 2 nitrogen and oxygen atoms in total. The Hall–Kier alpha value is -0.730. The first kappa shape index (κ1) is 11.7. The van der Waals surface area contributed by atoms with Crippen LogP contribution in [0.25, 0.3) is 0 Å². The maximum Gasteiger partial charge on any atom is 0.125 e. The van der Waals surface area contributed by atoms with Gasteiger partial charge < -0.3 is 10.5 Å². The van der Waals surface area contributed by atoms with Crippen molar-refractivity contribution in [1.82, 2.24) is 0 Å². The van der Waals surface area contributed by atoms with Gasteiger partial charge in [-0.25, -0.2) is 0 Å². The van der Waals surface area contributed by atoms with E-state index in [0.29, 0.717) is 6.54 Å². The van der Waals surface area contributed by atoms with E-state index >= 15 is 0 Å². The maximum atomic E-state index is 6.36. The molecule has 1 aliphatic carbocycles. The van der Waals surface area contributed by atoms with Crippen LogP contribution in [-0.2, 0) is 5.41 Å². The first-order chi connectivity index (χ1) is 7.55. The first-order valence-corrected chi connectivity index (χ1v) is 5.98. The Kier molecular flexibility index (Phi) is 2.89. The van der Waals surface area contributed by atoms with E-state index in [0.717, 1.165) is 34.7 Å². The van der Waals surface area contributed by atoms with Gasteiger partial charge in [0.15, 0.2) is 0 Å². The molecule has 0 heterocycles. The fraction of sp³-hybridized carbons (Fsp3) is 0.538. The molecule has 1 fully saturated rings. The van der Waals surface area contributed by atoms with E-state index in [1.54, 1.807) is 7.11 Å².